The van der Waals surface area contributed by atoms with Gasteiger partial charge in [-0.15, -0.1) is 0 Å². The maximum Gasteiger partial charge on any atom is 0.233 e. The topological polar surface area (TPSA) is 55.1 Å². The van der Waals surface area contributed by atoms with Crippen molar-refractivity contribution in [2.45, 2.75) is 72.1 Å². The van der Waals surface area contributed by atoms with Crippen LogP contribution in [0.5, 0.6) is 0 Å². The fraction of sp³-hybridized carbons (Fsp3) is 0.933. The van der Waals surface area contributed by atoms with Gasteiger partial charge in [-0.3, -0.25) is 4.79 Å². The van der Waals surface area contributed by atoms with Crippen molar-refractivity contribution in [1.29, 1.82) is 0 Å². The molecule has 0 aromatic rings. The molecule has 0 saturated heterocycles. The maximum absolute atomic E-state index is 11.3. The summed E-state index contributed by atoms with van der Waals surface area (Å²) in [5, 5.41) is 2.96. The van der Waals surface area contributed by atoms with Crippen molar-refractivity contribution in [3.05, 3.63) is 0 Å². The van der Waals surface area contributed by atoms with Crippen molar-refractivity contribution < 1.29 is 4.79 Å². The second-order valence-corrected chi connectivity index (χ2v) is 5.71. The zero-order valence-electron chi connectivity index (χ0n) is 12.6. The van der Waals surface area contributed by atoms with Gasteiger partial charge in [-0.25, -0.2) is 0 Å². The average Bonchev–Trinajstić information content (AvgIpc) is 2.39. The van der Waals surface area contributed by atoms with Crippen molar-refractivity contribution in [3.63, 3.8) is 0 Å². The fourth-order valence-electron chi connectivity index (χ4n) is 2.27. The maximum atomic E-state index is 11.3. The van der Waals surface area contributed by atoms with E-state index in [1.54, 1.807) is 0 Å². The Bertz CT molecular complexity index is 219. The highest BCUT2D eigenvalue weighted by Crippen LogP contribution is 2.30. The highest BCUT2D eigenvalue weighted by atomic mass is 16.1. The average molecular weight is 256 g/mol. The number of hydrogen-bond acceptors (Lipinski definition) is 2. The molecule has 0 bridgehead atoms. The third-order valence-electron chi connectivity index (χ3n) is 3.67. The van der Waals surface area contributed by atoms with E-state index in [-0.39, 0.29) is 17.9 Å². The standard InChI is InChI=1S/C15H32N2O/c1-4-6-8-9-11-15(3,10-7-5-2)13-17-14(18)12-16/h4-13,16H2,1-3H3,(H,17,18). The molecule has 3 nitrogen and oxygen atoms in total. The van der Waals surface area contributed by atoms with Crippen LogP contribution in [0.1, 0.15) is 72.1 Å². The number of carbonyl (C=O) groups is 1. The van der Waals surface area contributed by atoms with E-state index in [4.69, 9.17) is 5.73 Å². The molecule has 3 N–H and O–H groups in total. The Kier molecular flexibility index (Phi) is 10.0. The number of unbranched alkanes of at least 4 members (excludes halogenated alkanes) is 4. The molecule has 1 unspecified atom stereocenters. The van der Waals surface area contributed by atoms with E-state index in [0.717, 1.165) is 6.54 Å². The minimum atomic E-state index is -0.0359. The lowest BCUT2D eigenvalue weighted by Gasteiger charge is -2.30. The molecule has 18 heavy (non-hydrogen) atoms. The Balaban J connectivity index is 4.10. The fourth-order valence-corrected chi connectivity index (χ4v) is 2.27. The van der Waals surface area contributed by atoms with Crippen LogP contribution >= 0.6 is 0 Å². The molecule has 0 fully saturated rings. The van der Waals surface area contributed by atoms with Gasteiger partial charge in [0.2, 0.25) is 5.91 Å². The van der Waals surface area contributed by atoms with Crippen LogP contribution in [-0.2, 0) is 4.79 Å². The van der Waals surface area contributed by atoms with Gasteiger partial charge in [0.05, 0.1) is 6.54 Å². The Morgan fingerprint density at radius 3 is 2.22 bits per heavy atom. The molecule has 0 aliphatic carbocycles. The van der Waals surface area contributed by atoms with Gasteiger partial charge in [0.1, 0.15) is 0 Å². The van der Waals surface area contributed by atoms with E-state index in [1.165, 1.54) is 51.4 Å². The number of nitrogens with two attached hydrogens (primary N) is 1. The smallest absolute Gasteiger partial charge is 0.233 e. The summed E-state index contributed by atoms with van der Waals surface area (Å²) in [6.07, 6.45) is 10.0. The van der Waals surface area contributed by atoms with Crippen molar-refractivity contribution in [2.75, 3.05) is 13.1 Å². The SMILES string of the molecule is CCCCCCC(C)(CCCC)CNC(=O)CN. The second kappa shape index (κ2) is 10.4. The molecule has 1 amide bonds. The monoisotopic (exact) mass is 256 g/mol. The van der Waals surface area contributed by atoms with Crippen molar-refractivity contribution in [3.8, 4) is 0 Å². The molecule has 0 heterocycles. The number of rotatable bonds is 11. The molecule has 0 aromatic carbocycles. The Labute approximate surface area is 113 Å². The van der Waals surface area contributed by atoms with Crippen LogP contribution in [0.15, 0.2) is 0 Å². The largest absolute Gasteiger partial charge is 0.354 e. The molecule has 0 spiro atoms. The summed E-state index contributed by atoms with van der Waals surface area (Å²) in [6.45, 7) is 7.62. The second-order valence-electron chi connectivity index (χ2n) is 5.71. The predicted molar refractivity (Wildman–Crippen MR) is 78.5 cm³/mol. The number of hydrogen-bond donors (Lipinski definition) is 2. The molecule has 108 valence electrons. The predicted octanol–water partition coefficient (Wildman–Crippen LogP) is 3.23. The number of carbonyl (C=O) groups excluding carboxylic acids is 1. The third-order valence-corrected chi connectivity index (χ3v) is 3.67. The summed E-state index contributed by atoms with van der Waals surface area (Å²) in [5.41, 5.74) is 5.57. The van der Waals surface area contributed by atoms with Gasteiger partial charge in [-0.2, -0.15) is 0 Å². The molecular formula is C15H32N2O. The lowest BCUT2D eigenvalue weighted by atomic mass is 9.80. The van der Waals surface area contributed by atoms with Gasteiger partial charge < -0.3 is 11.1 Å². The lowest BCUT2D eigenvalue weighted by Crippen LogP contribution is -2.38. The van der Waals surface area contributed by atoms with Crippen LogP contribution < -0.4 is 11.1 Å². The number of amides is 1. The molecule has 0 aliphatic heterocycles. The van der Waals surface area contributed by atoms with Crippen LogP contribution in [0, 0.1) is 5.41 Å². The first-order valence-corrected chi connectivity index (χ1v) is 7.54. The zero-order valence-corrected chi connectivity index (χ0v) is 12.6. The van der Waals surface area contributed by atoms with E-state index in [2.05, 4.69) is 26.1 Å². The summed E-state index contributed by atoms with van der Waals surface area (Å²) >= 11 is 0. The Hall–Kier alpha value is -0.570. The molecule has 0 rings (SSSR count). The molecule has 0 saturated carbocycles. The lowest BCUT2D eigenvalue weighted by molar-refractivity contribution is -0.120. The van der Waals surface area contributed by atoms with Gasteiger partial charge in [0.25, 0.3) is 0 Å². The van der Waals surface area contributed by atoms with Gasteiger partial charge in [-0.1, -0.05) is 59.3 Å². The van der Waals surface area contributed by atoms with Gasteiger partial charge >= 0.3 is 0 Å². The van der Waals surface area contributed by atoms with Crippen molar-refractivity contribution in [2.24, 2.45) is 11.1 Å². The molecule has 0 aromatic heterocycles. The van der Waals surface area contributed by atoms with Gasteiger partial charge in [0, 0.05) is 6.54 Å². The molecule has 1 atom stereocenters. The molecule has 0 aliphatic rings. The van der Waals surface area contributed by atoms with Gasteiger partial charge in [0.15, 0.2) is 0 Å². The molecule has 0 radical (unpaired) electrons. The third kappa shape index (κ3) is 8.51. The first-order valence-electron chi connectivity index (χ1n) is 7.54. The summed E-state index contributed by atoms with van der Waals surface area (Å²) in [5.74, 6) is -0.0359. The highest BCUT2D eigenvalue weighted by Gasteiger charge is 2.23. The Morgan fingerprint density at radius 2 is 1.67 bits per heavy atom. The van der Waals surface area contributed by atoms with E-state index < -0.39 is 0 Å². The summed E-state index contributed by atoms with van der Waals surface area (Å²) in [4.78, 5) is 11.3. The van der Waals surface area contributed by atoms with Gasteiger partial charge in [-0.05, 0) is 18.3 Å². The summed E-state index contributed by atoms with van der Waals surface area (Å²) in [6, 6.07) is 0. The minimum Gasteiger partial charge on any atom is -0.354 e. The van der Waals surface area contributed by atoms with Crippen LogP contribution in [0.4, 0.5) is 0 Å². The van der Waals surface area contributed by atoms with Crippen LogP contribution in [0.3, 0.4) is 0 Å². The summed E-state index contributed by atoms with van der Waals surface area (Å²) < 4.78 is 0. The molecule has 3 heteroatoms. The normalized spacial score (nSPS) is 14.2. The van der Waals surface area contributed by atoms with E-state index in [0.29, 0.717) is 0 Å². The molecular weight excluding hydrogens is 224 g/mol. The highest BCUT2D eigenvalue weighted by molar-refractivity contribution is 5.77. The van der Waals surface area contributed by atoms with Crippen LogP contribution in [0.25, 0.3) is 0 Å². The number of nitrogens with one attached hydrogen (secondary N) is 1. The van der Waals surface area contributed by atoms with E-state index >= 15 is 0 Å². The van der Waals surface area contributed by atoms with Crippen LogP contribution in [0.2, 0.25) is 0 Å². The van der Waals surface area contributed by atoms with Crippen molar-refractivity contribution >= 4 is 5.91 Å². The minimum absolute atomic E-state index is 0.0359. The quantitative estimate of drug-likeness (QED) is 0.558. The van der Waals surface area contributed by atoms with E-state index in [1.807, 2.05) is 0 Å². The van der Waals surface area contributed by atoms with Crippen molar-refractivity contribution in [1.82, 2.24) is 5.32 Å². The Morgan fingerprint density at radius 1 is 1.06 bits per heavy atom. The summed E-state index contributed by atoms with van der Waals surface area (Å²) in [7, 11) is 0. The first kappa shape index (κ1) is 17.4. The van der Waals surface area contributed by atoms with E-state index in [9.17, 15) is 4.79 Å². The first-order chi connectivity index (χ1) is 8.58. The zero-order chi connectivity index (χ0) is 13.9. The van der Waals surface area contributed by atoms with Crippen LogP contribution in [-0.4, -0.2) is 19.0 Å².